The van der Waals surface area contributed by atoms with E-state index in [9.17, 15) is 13.2 Å². The highest BCUT2D eigenvalue weighted by Crippen LogP contribution is 2.47. The molecule has 8 heteroatoms. The van der Waals surface area contributed by atoms with Gasteiger partial charge in [0.15, 0.2) is 5.78 Å². The lowest BCUT2D eigenvalue weighted by molar-refractivity contribution is 0.0912. The summed E-state index contributed by atoms with van der Waals surface area (Å²) >= 11 is 7.49. The van der Waals surface area contributed by atoms with E-state index in [4.69, 9.17) is 21.5 Å². The zero-order valence-electron chi connectivity index (χ0n) is 13.6. The maximum absolute atomic E-state index is 13.2. The molecule has 132 valence electrons. The highest BCUT2D eigenvalue weighted by atomic mass is 35.5. The molecule has 1 aliphatic rings. The number of hydrogen-bond donors (Lipinski definition) is 1. The van der Waals surface area contributed by atoms with Gasteiger partial charge in [0.1, 0.15) is 10.6 Å². The van der Waals surface area contributed by atoms with Gasteiger partial charge in [0.05, 0.1) is 17.5 Å². The van der Waals surface area contributed by atoms with E-state index in [1.165, 1.54) is 18.2 Å². The van der Waals surface area contributed by atoms with E-state index in [0.717, 1.165) is 10.5 Å². The molecule has 0 radical (unpaired) electrons. The summed E-state index contributed by atoms with van der Waals surface area (Å²) in [6.45, 7) is 1.85. The van der Waals surface area contributed by atoms with Crippen LogP contribution in [0.15, 0.2) is 46.2 Å². The van der Waals surface area contributed by atoms with Crippen molar-refractivity contribution in [1.29, 1.82) is 0 Å². The average Bonchev–Trinajstić information content (AvgIpc) is 2.91. The highest BCUT2D eigenvalue weighted by Gasteiger charge is 2.42. The largest absolute Gasteiger partial charge is 0.497 e. The number of Topliss-reactive ketones (excluding diaryl/α,β-unsaturated/α-hetero) is 1. The SMILES string of the molecule is COc1ccc2c(c1)C(C)(C(=O)c1ccc(Cl)c(S(N)(=O)=O)c1)CS2. The third-order valence-corrected chi connectivity index (χ3v) is 7.08. The number of carbonyl (C=O) groups excluding carboxylic acids is 1. The van der Waals surface area contributed by atoms with Crippen LogP contribution >= 0.6 is 23.4 Å². The summed E-state index contributed by atoms with van der Waals surface area (Å²) in [7, 11) is -2.44. The molecule has 0 aliphatic carbocycles. The molecular weight excluding hydrogens is 382 g/mol. The van der Waals surface area contributed by atoms with Gasteiger partial charge >= 0.3 is 0 Å². The molecular formula is C17H16ClNO4S2. The lowest BCUT2D eigenvalue weighted by atomic mass is 9.78. The Kier molecular flexibility index (Phi) is 4.61. The van der Waals surface area contributed by atoms with Crippen molar-refractivity contribution in [1.82, 2.24) is 0 Å². The quantitative estimate of drug-likeness (QED) is 0.800. The van der Waals surface area contributed by atoms with Gasteiger partial charge in [-0.15, -0.1) is 11.8 Å². The number of ketones is 1. The minimum atomic E-state index is -4.01. The molecule has 0 saturated heterocycles. The fourth-order valence-electron chi connectivity index (χ4n) is 2.86. The lowest BCUT2D eigenvalue weighted by Crippen LogP contribution is -2.33. The van der Waals surface area contributed by atoms with Gasteiger partial charge in [-0.05, 0) is 48.9 Å². The first kappa shape index (κ1) is 18.3. The Balaban J connectivity index is 2.09. The number of hydrogen-bond acceptors (Lipinski definition) is 5. The van der Waals surface area contributed by atoms with Gasteiger partial charge in [-0.1, -0.05) is 11.6 Å². The first-order valence-corrected chi connectivity index (χ1v) is 10.3. The number of halogens is 1. The lowest BCUT2D eigenvalue weighted by Gasteiger charge is -2.23. The molecule has 3 rings (SSSR count). The van der Waals surface area contributed by atoms with Gasteiger partial charge < -0.3 is 4.74 Å². The molecule has 1 aliphatic heterocycles. The summed E-state index contributed by atoms with van der Waals surface area (Å²) < 4.78 is 28.6. The van der Waals surface area contributed by atoms with Crippen LogP contribution < -0.4 is 9.88 Å². The molecule has 2 aromatic rings. The van der Waals surface area contributed by atoms with Crippen LogP contribution in [0.25, 0.3) is 0 Å². The molecule has 0 fully saturated rings. The summed E-state index contributed by atoms with van der Waals surface area (Å²) in [4.78, 5) is 14.0. The van der Waals surface area contributed by atoms with Gasteiger partial charge in [0, 0.05) is 16.2 Å². The molecule has 0 bridgehead atoms. The summed E-state index contributed by atoms with van der Waals surface area (Å²) in [5.41, 5.74) is 0.332. The first-order valence-electron chi connectivity index (χ1n) is 7.35. The summed E-state index contributed by atoms with van der Waals surface area (Å²) in [5.74, 6) is 1.04. The van der Waals surface area contributed by atoms with Crippen LogP contribution in [0.5, 0.6) is 5.75 Å². The molecule has 1 atom stereocenters. The molecule has 1 heterocycles. The molecule has 5 nitrogen and oxygen atoms in total. The van der Waals surface area contributed by atoms with Crippen molar-refractivity contribution in [2.75, 3.05) is 12.9 Å². The normalized spacial score (nSPS) is 19.5. The summed E-state index contributed by atoms with van der Waals surface area (Å²) in [6.07, 6.45) is 0. The van der Waals surface area contributed by atoms with Crippen LogP contribution in [0.3, 0.4) is 0 Å². The van der Waals surface area contributed by atoms with Crippen LogP contribution in [0, 0.1) is 0 Å². The van der Waals surface area contributed by atoms with Crippen LogP contribution in [-0.2, 0) is 15.4 Å². The smallest absolute Gasteiger partial charge is 0.239 e. The Bertz CT molecular complexity index is 975. The third-order valence-electron chi connectivity index (χ3n) is 4.30. The Morgan fingerprint density at radius 2 is 2.00 bits per heavy atom. The fourth-order valence-corrected chi connectivity index (χ4v) is 5.27. The maximum atomic E-state index is 13.2. The number of thioether (sulfide) groups is 1. The zero-order chi connectivity index (χ0) is 18.4. The number of primary sulfonamides is 1. The number of rotatable bonds is 4. The van der Waals surface area contributed by atoms with Gasteiger partial charge in [0.25, 0.3) is 0 Å². The molecule has 0 spiro atoms. The number of methoxy groups -OCH3 is 1. The van der Waals surface area contributed by atoms with E-state index in [1.54, 1.807) is 18.9 Å². The van der Waals surface area contributed by atoms with Gasteiger partial charge in [-0.3, -0.25) is 4.79 Å². The van der Waals surface area contributed by atoms with Crippen molar-refractivity contribution in [3.8, 4) is 5.75 Å². The third kappa shape index (κ3) is 3.17. The van der Waals surface area contributed by atoms with Crippen LogP contribution in [0.1, 0.15) is 22.8 Å². The number of benzene rings is 2. The van der Waals surface area contributed by atoms with E-state index < -0.39 is 15.4 Å². The molecule has 0 aromatic heterocycles. The number of fused-ring (bicyclic) bond motifs is 1. The molecule has 2 aromatic carbocycles. The van der Waals surface area contributed by atoms with Crippen molar-refractivity contribution in [3.63, 3.8) is 0 Å². The first-order chi connectivity index (χ1) is 11.7. The minimum Gasteiger partial charge on any atom is -0.497 e. The molecule has 2 N–H and O–H groups in total. The molecule has 0 amide bonds. The molecule has 25 heavy (non-hydrogen) atoms. The monoisotopic (exact) mass is 397 g/mol. The Morgan fingerprint density at radius 1 is 1.28 bits per heavy atom. The minimum absolute atomic E-state index is 0.00734. The van der Waals surface area contributed by atoms with Crippen molar-refractivity contribution in [3.05, 3.63) is 52.5 Å². The van der Waals surface area contributed by atoms with Crippen molar-refractivity contribution < 1.29 is 17.9 Å². The number of nitrogens with two attached hydrogens (primary N) is 1. The second-order valence-corrected chi connectivity index (χ2v) is 8.96. The summed E-state index contributed by atoms with van der Waals surface area (Å²) in [6, 6.07) is 9.77. The zero-order valence-corrected chi connectivity index (χ0v) is 16.0. The van der Waals surface area contributed by atoms with Crippen LogP contribution in [0.4, 0.5) is 0 Å². The maximum Gasteiger partial charge on any atom is 0.239 e. The van der Waals surface area contributed by atoms with E-state index in [1.807, 2.05) is 25.1 Å². The van der Waals surface area contributed by atoms with E-state index in [-0.39, 0.29) is 21.3 Å². The highest BCUT2D eigenvalue weighted by molar-refractivity contribution is 7.99. The molecule has 1 unspecified atom stereocenters. The van der Waals surface area contributed by atoms with Crippen molar-refractivity contribution in [2.24, 2.45) is 5.14 Å². The summed E-state index contributed by atoms with van der Waals surface area (Å²) in [5, 5.41) is 5.18. The van der Waals surface area contributed by atoms with Crippen molar-refractivity contribution >= 4 is 39.2 Å². The molecule has 0 saturated carbocycles. The average molecular weight is 398 g/mol. The number of carbonyl (C=O) groups is 1. The number of sulfonamides is 1. The Morgan fingerprint density at radius 3 is 2.64 bits per heavy atom. The second-order valence-electron chi connectivity index (χ2n) is 6.00. The van der Waals surface area contributed by atoms with Crippen LogP contribution in [-0.4, -0.2) is 27.1 Å². The van der Waals surface area contributed by atoms with Gasteiger partial charge in [-0.25, -0.2) is 13.6 Å². The number of ether oxygens (including phenoxy) is 1. The van der Waals surface area contributed by atoms with E-state index in [2.05, 4.69) is 0 Å². The van der Waals surface area contributed by atoms with Gasteiger partial charge in [0.2, 0.25) is 10.0 Å². The predicted molar refractivity (Wildman–Crippen MR) is 98.2 cm³/mol. The van der Waals surface area contributed by atoms with E-state index >= 15 is 0 Å². The standard InChI is InChI=1S/C17H16ClNO4S2/c1-17(9-24-14-6-4-11(23-2)8-12(14)17)16(20)10-3-5-13(18)15(7-10)25(19,21)22/h3-8H,9H2,1-2H3,(H2,19,21,22). The van der Waals surface area contributed by atoms with E-state index in [0.29, 0.717) is 11.5 Å². The van der Waals surface area contributed by atoms with Crippen LogP contribution in [0.2, 0.25) is 5.02 Å². The Labute approximate surface area is 155 Å². The van der Waals surface area contributed by atoms with Gasteiger partial charge in [-0.2, -0.15) is 0 Å². The second kappa shape index (κ2) is 6.32. The Hall–Kier alpha value is -1.54. The topological polar surface area (TPSA) is 86.5 Å². The van der Waals surface area contributed by atoms with Crippen molar-refractivity contribution in [2.45, 2.75) is 22.1 Å². The predicted octanol–water partition coefficient (Wildman–Crippen LogP) is 3.24. The fraction of sp³-hybridized carbons (Fsp3) is 0.235.